The van der Waals surface area contributed by atoms with Gasteiger partial charge in [-0.05, 0) is 42.9 Å². The zero-order valence-corrected chi connectivity index (χ0v) is 16.6. The van der Waals surface area contributed by atoms with E-state index in [1.807, 2.05) is 25.1 Å². The summed E-state index contributed by atoms with van der Waals surface area (Å²) in [6, 6.07) is 18.8. The highest BCUT2D eigenvalue weighted by Crippen LogP contribution is 2.22. The van der Waals surface area contributed by atoms with Crippen LogP contribution in [-0.2, 0) is 29.1 Å². The van der Waals surface area contributed by atoms with Crippen LogP contribution in [0.3, 0.4) is 0 Å². The Balaban J connectivity index is 1.50. The third kappa shape index (κ3) is 4.90. The van der Waals surface area contributed by atoms with Crippen molar-refractivity contribution in [1.29, 1.82) is 0 Å². The van der Waals surface area contributed by atoms with Crippen molar-refractivity contribution in [3.63, 3.8) is 0 Å². The summed E-state index contributed by atoms with van der Waals surface area (Å²) in [7, 11) is 0. The van der Waals surface area contributed by atoms with E-state index in [9.17, 15) is 4.79 Å². The normalized spacial score (nSPS) is 20.4. The minimum Gasteiger partial charge on any atom is -0.357 e. The predicted octanol–water partition coefficient (Wildman–Crippen LogP) is 3.23. The molecule has 0 unspecified atom stereocenters. The molecule has 0 bridgehead atoms. The van der Waals surface area contributed by atoms with Crippen molar-refractivity contribution in [1.82, 2.24) is 20.3 Å². The van der Waals surface area contributed by atoms with Gasteiger partial charge in [-0.1, -0.05) is 59.8 Å². The summed E-state index contributed by atoms with van der Waals surface area (Å²) in [5.41, 5.74) is 4.54. The molecule has 29 heavy (non-hydrogen) atoms. The van der Waals surface area contributed by atoms with Crippen molar-refractivity contribution < 1.29 is 9.53 Å². The number of amides is 1. The molecule has 2 atom stereocenters. The zero-order valence-electron chi connectivity index (χ0n) is 16.6. The van der Waals surface area contributed by atoms with Gasteiger partial charge in [0.05, 0.1) is 18.5 Å². The molecule has 0 fully saturated rings. The Kier molecular flexibility index (Phi) is 6.00. The number of nitrogens with one attached hydrogen (secondary N) is 1. The first-order chi connectivity index (χ1) is 14.2. The quantitative estimate of drug-likeness (QED) is 0.746. The van der Waals surface area contributed by atoms with Crippen molar-refractivity contribution in [2.45, 2.75) is 39.0 Å². The zero-order chi connectivity index (χ0) is 20.1. The molecule has 150 valence electrons. The highest BCUT2D eigenvalue weighted by Gasteiger charge is 2.22. The van der Waals surface area contributed by atoms with Crippen molar-refractivity contribution in [2.75, 3.05) is 6.61 Å². The van der Waals surface area contributed by atoms with Gasteiger partial charge < -0.3 is 10.1 Å². The maximum absolute atomic E-state index is 12.9. The minimum atomic E-state index is -0.110. The van der Waals surface area contributed by atoms with Crippen molar-refractivity contribution in [2.24, 2.45) is 5.92 Å². The first-order valence-electron chi connectivity index (χ1n) is 10.1. The van der Waals surface area contributed by atoms with Gasteiger partial charge in [0.25, 0.3) is 0 Å². The third-order valence-corrected chi connectivity index (χ3v) is 5.33. The summed E-state index contributed by atoms with van der Waals surface area (Å²) in [6.07, 6.45) is 3.95. The Labute approximate surface area is 170 Å². The minimum absolute atomic E-state index is 0.0458. The van der Waals surface area contributed by atoms with Crippen LogP contribution in [0.4, 0.5) is 0 Å². The lowest BCUT2D eigenvalue weighted by molar-refractivity contribution is -0.126. The smallest absolute Gasteiger partial charge is 0.223 e. The molecule has 6 nitrogen and oxygen atoms in total. The third-order valence-electron chi connectivity index (χ3n) is 5.33. The molecule has 0 saturated carbocycles. The number of ether oxygens (including phenoxy) is 1. The Morgan fingerprint density at radius 3 is 2.66 bits per heavy atom. The van der Waals surface area contributed by atoms with Crippen LogP contribution in [0.1, 0.15) is 24.6 Å². The van der Waals surface area contributed by atoms with Gasteiger partial charge in [0.1, 0.15) is 6.73 Å². The number of benzene rings is 2. The summed E-state index contributed by atoms with van der Waals surface area (Å²) < 4.78 is 7.44. The molecule has 1 aliphatic rings. The van der Waals surface area contributed by atoms with Crippen molar-refractivity contribution >= 4 is 5.91 Å². The van der Waals surface area contributed by atoms with Gasteiger partial charge in [0, 0.05) is 12.0 Å². The Bertz CT molecular complexity index is 937. The number of nitrogens with zero attached hydrogens (tertiary/aromatic N) is 3. The summed E-state index contributed by atoms with van der Waals surface area (Å²) >= 11 is 0. The number of aryl methyl sites for hydroxylation is 1. The van der Waals surface area contributed by atoms with Gasteiger partial charge in [-0.15, -0.1) is 5.10 Å². The van der Waals surface area contributed by atoms with E-state index in [1.165, 1.54) is 11.1 Å². The van der Waals surface area contributed by atoms with E-state index in [0.717, 1.165) is 24.1 Å². The molecule has 1 aromatic heterocycles. The highest BCUT2D eigenvalue weighted by atomic mass is 16.5. The number of carbonyl (C=O) groups excluding carboxylic acids is 1. The SMILES string of the molecule is C[C@@H]1COCn2nncc2CC[C@@H](Cc2ccc(-c3ccccc3)cc2)C(=O)N1. The van der Waals surface area contributed by atoms with E-state index >= 15 is 0 Å². The predicted molar refractivity (Wildman–Crippen MR) is 111 cm³/mol. The Morgan fingerprint density at radius 2 is 1.86 bits per heavy atom. The van der Waals surface area contributed by atoms with Crippen LogP contribution < -0.4 is 5.32 Å². The van der Waals surface area contributed by atoms with Crippen LogP contribution in [0.5, 0.6) is 0 Å². The summed E-state index contributed by atoms with van der Waals surface area (Å²) in [5.74, 6) is -0.0318. The second kappa shape index (κ2) is 9.01. The van der Waals surface area contributed by atoms with Gasteiger partial charge in [0.2, 0.25) is 5.91 Å². The average molecular weight is 390 g/mol. The number of carbonyl (C=O) groups is 1. The van der Waals surface area contributed by atoms with E-state index in [1.54, 1.807) is 10.9 Å². The van der Waals surface area contributed by atoms with E-state index in [-0.39, 0.29) is 17.9 Å². The summed E-state index contributed by atoms with van der Waals surface area (Å²) in [5, 5.41) is 11.2. The van der Waals surface area contributed by atoms with E-state index in [0.29, 0.717) is 19.8 Å². The van der Waals surface area contributed by atoms with Gasteiger partial charge >= 0.3 is 0 Å². The fourth-order valence-corrected chi connectivity index (χ4v) is 3.70. The fourth-order valence-electron chi connectivity index (χ4n) is 3.70. The Hall–Kier alpha value is -2.99. The first kappa shape index (κ1) is 19.3. The first-order valence-corrected chi connectivity index (χ1v) is 10.1. The lowest BCUT2D eigenvalue weighted by Gasteiger charge is -2.19. The molecule has 1 N–H and O–H groups in total. The molecule has 0 saturated heterocycles. The molecule has 6 heteroatoms. The molecule has 1 aliphatic heterocycles. The van der Waals surface area contributed by atoms with Crippen LogP contribution in [0.2, 0.25) is 0 Å². The lowest BCUT2D eigenvalue weighted by Crippen LogP contribution is -2.40. The molecule has 0 spiro atoms. The average Bonchev–Trinajstić information content (AvgIpc) is 3.18. The molecule has 0 radical (unpaired) electrons. The lowest BCUT2D eigenvalue weighted by atomic mass is 9.92. The number of fused-ring (bicyclic) bond motifs is 1. The topological polar surface area (TPSA) is 69.0 Å². The number of aromatic nitrogens is 3. The maximum Gasteiger partial charge on any atom is 0.223 e. The van der Waals surface area contributed by atoms with Crippen LogP contribution in [0.25, 0.3) is 11.1 Å². The number of hydrogen-bond acceptors (Lipinski definition) is 4. The molecule has 3 aromatic rings. The number of hydrogen-bond donors (Lipinski definition) is 1. The van der Waals surface area contributed by atoms with E-state index in [4.69, 9.17) is 4.74 Å². The van der Waals surface area contributed by atoms with Crippen LogP contribution in [0, 0.1) is 5.92 Å². The monoisotopic (exact) mass is 390 g/mol. The van der Waals surface area contributed by atoms with Gasteiger partial charge in [0.15, 0.2) is 0 Å². The van der Waals surface area contributed by atoms with Gasteiger partial charge in [-0.2, -0.15) is 0 Å². The standard InChI is InChI=1S/C23H26N4O2/c1-17-15-29-16-27-22(14-24-26-27)12-11-21(23(28)25-17)13-18-7-9-20(10-8-18)19-5-3-2-4-6-19/h2-10,14,17,21H,11-13,15-16H2,1H3,(H,25,28)/t17-,21+/m1/s1. The summed E-state index contributed by atoms with van der Waals surface area (Å²) in [6.45, 7) is 2.77. The number of rotatable bonds is 3. The fraction of sp³-hybridized carbons (Fsp3) is 0.348. The van der Waals surface area contributed by atoms with E-state index < -0.39 is 0 Å². The Morgan fingerprint density at radius 1 is 1.10 bits per heavy atom. The largest absolute Gasteiger partial charge is 0.357 e. The molecule has 1 amide bonds. The van der Waals surface area contributed by atoms with Crippen molar-refractivity contribution in [3.05, 3.63) is 72.1 Å². The van der Waals surface area contributed by atoms with E-state index in [2.05, 4.69) is 52.0 Å². The van der Waals surface area contributed by atoms with Crippen LogP contribution in [-0.4, -0.2) is 33.5 Å². The maximum atomic E-state index is 12.9. The molecular formula is C23H26N4O2. The molecular weight excluding hydrogens is 364 g/mol. The summed E-state index contributed by atoms with van der Waals surface area (Å²) in [4.78, 5) is 12.9. The van der Waals surface area contributed by atoms with Crippen LogP contribution in [0.15, 0.2) is 60.8 Å². The van der Waals surface area contributed by atoms with Crippen LogP contribution >= 0.6 is 0 Å². The van der Waals surface area contributed by atoms with Gasteiger partial charge in [-0.3, -0.25) is 4.79 Å². The van der Waals surface area contributed by atoms with Crippen molar-refractivity contribution in [3.8, 4) is 11.1 Å². The van der Waals surface area contributed by atoms with Gasteiger partial charge in [-0.25, -0.2) is 4.68 Å². The second-order valence-electron chi connectivity index (χ2n) is 7.64. The molecule has 4 rings (SSSR count). The second-order valence-corrected chi connectivity index (χ2v) is 7.64. The molecule has 2 heterocycles. The molecule has 2 aromatic carbocycles. The highest BCUT2D eigenvalue weighted by molar-refractivity contribution is 5.79. The molecule has 0 aliphatic carbocycles.